The largest absolute Gasteiger partial charge is 0.328 e. The summed E-state index contributed by atoms with van der Waals surface area (Å²) < 4.78 is 30.9. The van der Waals surface area contributed by atoms with E-state index in [0.29, 0.717) is 13.0 Å². The van der Waals surface area contributed by atoms with Gasteiger partial charge in [-0.3, -0.25) is 4.55 Å². The predicted molar refractivity (Wildman–Crippen MR) is 79.9 cm³/mol. The minimum absolute atomic E-state index is 0.143. The molecule has 0 bridgehead atoms. The number of nitrogens with zero attached hydrogens (tertiary/aromatic N) is 2. The first kappa shape index (κ1) is 18.8. The van der Waals surface area contributed by atoms with Gasteiger partial charge in [-0.1, -0.05) is 13.3 Å². The van der Waals surface area contributed by atoms with Gasteiger partial charge in [-0.25, -0.2) is 0 Å². The van der Waals surface area contributed by atoms with Crippen LogP contribution in [0.2, 0.25) is 0 Å². The van der Waals surface area contributed by atoms with E-state index in [1.165, 1.54) is 19.4 Å². The van der Waals surface area contributed by atoms with Gasteiger partial charge in [0.1, 0.15) is 0 Å². The molecule has 0 unspecified atom stereocenters. The lowest BCUT2D eigenvalue weighted by Crippen LogP contribution is -2.42. The van der Waals surface area contributed by atoms with Gasteiger partial charge in [0.15, 0.2) is 0 Å². The molecule has 5 nitrogen and oxygen atoms in total. The topological polar surface area (TPSA) is 57.6 Å². The summed E-state index contributed by atoms with van der Waals surface area (Å²) in [5.41, 5.74) is 0. The summed E-state index contributed by atoms with van der Waals surface area (Å²) in [6.07, 6.45) is 4.09. The van der Waals surface area contributed by atoms with Crippen molar-refractivity contribution in [2.45, 2.75) is 32.6 Å². The van der Waals surface area contributed by atoms with Crippen molar-refractivity contribution in [3.05, 3.63) is 0 Å². The van der Waals surface area contributed by atoms with E-state index in [4.69, 9.17) is 4.55 Å². The Balaban J connectivity index is 3.70. The highest BCUT2D eigenvalue weighted by Crippen LogP contribution is 2.04. The average molecular weight is 295 g/mol. The molecule has 19 heavy (non-hydrogen) atoms. The van der Waals surface area contributed by atoms with Gasteiger partial charge in [-0.15, -0.1) is 0 Å². The zero-order valence-corrected chi connectivity index (χ0v) is 13.7. The fraction of sp³-hybridized carbons (Fsp3) is 1.00. The van der Waals surface area contributed by atoms with Gasteiger partial charge in [-0.05, 0) is 26.4 Å². The van der Waals surface area contributed by atoms with E-state index in [1.54, 1.807) is 0 Å². The van der Waals surface area contributed by atoms with E-state index in [2.05, 4.69) is 25.9 Å². The van der Waals surface area contributed by atoms with Crippen molar-refractivity contribution in [2.24, 2.45) is 0 Å². The Morgan fingerprint density at radius 1 is 1.05 bits per heavy atom. The summed E-state index contributed by atoms with van der Waals surface area (Å²) in [5.74, 6) is -0.143. The van der Waals surface area contributed by atoms with Gasteiger partial charge < -0.3 is 9.38 Å². The first-order chi connectivity index (χ1) is 8.66. The van der Waals surface area contributed by atoms with E-state index in [-0.39, 0.29) is 5.75 Å². The smallest absolute Gasteiger partial charge is 0.264 e. The molecule has 0 amide bonds. The molecule has 0 radical (unpaired) electrons. The Kier molecular flexibility index (Phi) is 8.81. The lowest BCUT2D eigenvalue weighted by atomic mass is 10.2. The minimum atomic E-state index is -3.80. The molecule has 6 heteroatoms. The van der Waals surface area contributed by atoms with Crippen LogP contribution in [0.3, 0.4) is 0 Å². The first-order valence-corrected chi connectivity index (χ1v) is 8.73. The van der Waals surface area contributed by atoms with Crippen LogP contribution in [0.1, 0.15) is 32.6 Å². The van der Waals surface area contributed by atoms with E-state index in [9.17, 15) is 8.42 Å². The summed E-state index contributed by atoms with van der Waals surface area (Å²) in [5, 5.41) is 0. The molecule has 0 heterocycles. The molecule has 0 fully saturated rings. The summed E-state index contributed by atoms with van der Waals surface area (Å²) in [6.45, 7) is 6.25. The van der Waals surface area contributed by atoms with Crippen LogP contribution < -0.4 is 0 Å². The highest BCUT2D eigenvalue weighted by Gasteiger charge is 2.14. The number of unbranched alkanes of at least 4 members (excludes halogenated alkanes) is 1. The molecule has 0 rings (SSSR count). The van der Waals surface area contributed by atoms with Crippen molar-refractivity contribution in [3.8, 4) is 0 Å². The number of quaternary nitrogens is 1. The zero-order chi connectivity index (χ0) is 14.9. The van der Waals surface area contributed by atoms with Crippen LogP contribution in [0.5, 0.6) is 0 Å². The van der Waals surface area contributed by atoms with Gasteiger partial charge in [0, 0.05) is 13.0 Å². The summed E-state index contributed by atoms with van der Waals surface area (Å²) in [4.78, 5) is 2.13. The van der Waals surface area contributed by atoms with Crippen molar-refractivity contribution >= 4 is 10.1 Å². The van der Waals surface area contributed by atoms with Crippen LogP contribution in [-0.4, -0.2) is 75.4 Å². The van der Waals surface area contributed by atoms with Crippen LogP contribution >= 0.6 is 0 Å². The second-order valence-corrected chi connectivity index (χ2v) is 7.60. The highest BCUT2D eigenvalue weighted by atomic mass is 32.2. The third-order valence-electron chi connectivity index (χ3n) is 3.36. The van der Waals surface area contributed by atoms with Crippen LogP contribution in [0.25, 0.3) is 0 Å². The summed E-state index contributed by atoms with van der Waals surface area (Å²) in [6, 6.07) is 0. The predicted octanol–water partition coefficient (Wildman–Crippen LogP) is 1.46. The molecule has 0 aromatic heterocycles. The monoisotopic (exact) mass is 295 g/mol. The van der Waals surface area contributed by atoms with Gasteiger partial charge in [0.05, 0.1) is 32.9 Å². The van der Waals surface area contributed by atoms with Gasteiger partial charge in [0.2, 0.25) is 0 Å². The van der Waals surface area contributed by atoms with Crippen molar-refractivity contribution < 1.29 is 17.5 Å². The van der Waals surface area contributed by atoms with Crippen molar-refractivity contribution in [1.82, 2.24) is 4.90 Å². The molecular weight excluding hydrogens is 264 g/mol. The molecule has 0 aromatic rings. The molecule has 0 aromatic carbocycles. The standard InChI is InChI=1S/C13H30N2O3S/c1-5-6-11-15(3,4)12-7-9-14(2)10-8-13-19(16,17)18/h5-13H2,1-4H3/p+1. The molecule has 0 saturated heterocycles. The third-order valence-corrected chi connectivity index (χ3v) is 4.17. The number of rotatable bonds is 11. The number of hydrogen-bond donors (Lipinski definition) is 1. The van der Waals surface area contributed by atoms with Crippen molar-refractivity contribution in [3.63, 3.8) is 0 Å². The van der Waals surface area contributed by atoms with Crippen LogP contribution in [0.15, 0.2) is 0 Å². The SMILES string of the molecule is CCCC[N+](C)(C)CCCN(C)CCCS(=O)(=O)O. The fourth-order valence-electron chi connectivity index (χ4n) is 2.10. The van der Waals surface area contributed by atoms with Gasteiger partial charge in [0.25, 0.3) is 10.1 Å². The van der Waals surface area contributed by atoms with Crippen molar-refractivity contribution in [2.75, 3.05) is 53.1 Å². The van der Waals surface area contributed by atoms with E-state index in [0.717, 1.165) is 24.0 Å². The Hall–Kier alpha value is -0.170. The van der Waals surface area contributed by atoms with E-state index >= 15 is 0 Å². The molecule has 0 aliphatic carbocycles. The summed E-state index contributed by atoms with van der Waals surface area (Å²) in [7, 11) is 2.71. The second kappa shape index (κ2) is 8.89. The third kappa shape index (κ3) is 12.6. The second-order valence-electron chi connectivity index (χ2n) is 6.03. The van der Waals surface area contributed by atoms with E-state index < -0.39 is 10.1 Å². The van der Waals surface area contributed by atoms with Crippen LogP contribution in [0, 0.1) is 0 Å². The Bertz CT molecular complexity index is 329. The minimum Gasteiger partial charge on any atom is -0.328 e. The Morgan fingerprint density at radius 3 is 2.11 bits per heavy atom. The fourth-order valence-corrected chi connectivity index (χ4v) is 2.59. The quantitative estimate of drug-likeness (QED) is 0.463. The lowest BCUT2D eigenvalue weighted by molar-refractivity contribution is -0.890. The van der Waals surface area contributed by atoms with Gasteiger partial charge in [-0.2, -0.15) is 8.42 Å². The summed E-state index contributed by atoms with van der Waals surface area (Å²) >= 11 is 0. The average Bonchev–Trinajstić information content (AvgIpc) is 2.24. The number of hydrogen-bond acceptors (Lipinski definition) is 3. The Morgan fingerprint density at radius 2 is 1.58 bits per heavy atom. The molecular formula is C13H31N2O3S+. The molecule has 0 saturated carbocycles. The molecule has 0 atom stereocenters. The van der Waals surface area contributed by atoms with Crippen molar-refractivity contribution in [1.29, 1.82) is 0 Å². The molecule has 1 N–H and O–H groups in total. The maximum Gasteiger partial charge on any atom is 0.264 e. The Labute approximate surface area is 118 Å². The van der Waals surface area contributed by atoms with E-state index in [1.807, 2.05) is 7.05 Å². The highest BCUT2D eigenvalue weighted by molar-refractivity contribution is 7.85. The maximum absolute atomic E-state index is 10.6. The molecule has 0 aliphatic heterocycles. The first-order valence-electron chi connectivity index (χ1n) is 7.12. The normalized spacial score (nSPS) is 13.2. The van der Waals surface area contributed by atoms with Gasteiger partial charge >= 0.3 is 0 Å². The molecule has 0 aliphatic rings. The zero-order valence-electron chi connectivity index (χ0n) is 12.9. The van der Waals surface area contributed by atoms with Crippen LogP contribution in [0.4, 0.5) is 0 Å². The molecule has 0 spiro atoms. The van der Waals surface area contributed by atoms with Crippen LogP contribution in [-0.2, 0) is 10.1 Å². The lowest BCUT2D eigenvalue weighted by Gasteiger charge is -2.30. The maximum atomic E-state index is 10.6. The molecule has 116 valence electrons.